The van der Waals surface area contributed by atoms with Crippen LogP contribution in [0.5, 0.6) is 0 Å². The Bertz CT molecular complexity index is 1200. The van der Waals surface area contributed by atoms with E-state index in [4.69, 9.17) is 4.74 Å². The topological polar surface area (TPSA) is 76.5 Å². The molecule has 1 amide bonds. The van der Waals surface area contributed by atoms with Gasteiger partial charge in [0.15, 0.2) is 6.61 Å². The van der Waals surface area contributed by atoms with Gasteiger partial charge in [0.25, 0.3) is 5.91 Å². The summed E-state index contributed by atoms with van der Waals surface area (Å²) < 4.78 is 7.05. The number of aromatic nitrogens is 2. The molecule has 1 fully saturated rings. The maximum Gasteiger partial charge on any atom is 0.331 e. The monoisotopic (exact) mass is 472 g/mol. The van der Waals surface area contributed by atoms with Crippen LogP contribution in [0.25, 0.3) is 6.08 Å². The lowest BCUT2D eigenvalue weighted by molar-refractivity contribution is -0.142. The van der Waals surface area contributed by atoms with Crippen molar-refractivity contribution in [3.05, 3.63) is 82.7 Å². The van der Waals surface area contributed by atoms with Crippen molar-refractivity contribution in [2.75, 3.05) is 29.9 Å². The van der Waals surface area contributed by atoms with Gasteiger partial charge in [-0.25, -0.2) is 4.79 Å². The fraction of sp³-hybridized carbons (Fsp3) is 0.321. The normalized spacial score (nSPS) is 13.4. The second-order valence-corrected chi connectivity index (χ2v) is 8.96. The second-order valence-electron chi connectivity index (χ2n) is 8.96. The van der Waals surface area contributed by atoms with Crippen molar-refractivity contribution in [2.45, 2.75) is 40.2 Å². The van der Waals surface area contributed by atoms with Crippen molar-refractivity contribution < 1.29 is 14.3 Å². The van der Waals surface area contributed by atoms with Crippen molar-refractivity contribution in [1.82, 2.24) is 9.78 Å². The number of benzene rings is 2. The van der Waals surface area contributed by atoms with E-state index in [0.29, 0.717) is 12.2 Å². The van der Waals surface area contributed by atoms with E-state index in [9.17, 15) is 9.59 Å². The molecule has 0 aliphatic carbocycles. The fourth-order valence-electron chi connectivity index (χ4n) is 4.24. The van der Waals surface area contributed by atoms with E-state index >= 15 is 0 Å². The third-order valence-corrected chi connectivity index (χ3v) is 6.24. The summed E-state index contributed by atoms with van der Waals surface area (Å²) in [5.41, 5.74) is 6.87. The lowest BCUT2D eigenvalue weighted by Crippen LogP contribution is -2.20. The molecule has 1 aliphatic rings. The first kappa shape index (κ1) is 24.3. The first-order valence-corrected chi connectivity index (χ1v) is 12.0. The van der Waals surface area contributed by atoms with Crippen molar-refractivity contribution >= 4 is 29.3 Å². The molecule has 3 aromatic rings. The number of nitrogens with zero attached hydrogens (tertiary/aromatic N) is 3. The Morgan fingerprint density at radius 3 is 2.37 bits per heavy atom. The number of hydrogen-bond donors (Lipinski definition) is 1. The summed E-state index contributed by atoms with van der Waals surface area (Å²) in [6.45, 7) is 8.40. The van der Waals surface area contributed by atoms with Crippen LogP contribution in [0.4, 0.5) is 11.4 Å². The van der Waals surface area contributed by atoms with Gasteiger partial charge in [-0.3, -0.25) is 9.48 Å². The van der Waals surface area contributed by atoms with Crippen LogP contribution >= 0.6 is 0 Å². The van der Waals surface area contributed by atoms with Crippen LogP contribution in [0.1, 0.15) is 40.9 Å². The Morgan fingerprint density at radius 2 is 1.69 bits per heavy atom. The van der Waals surface area contributed by atoms with Crippen LogP contribution in [0.2, 0.25) is 0 Å². The minimum Gasteiger partial charge on any atom is -0.452 e. The van der Waals surface area contributed by atoms with Crippen molar-refractivity contribution in [1.29, 1.82) is 0 Å². The van der Waals surface area contributed by atoms with Gasteiger partial charge in [-0.2, -0.15) is 5.10 Å². The predicted molar refractivity (Wildman–Crippen MR) is 138 cm³/mol. The molecule has 0 radical (unpaired) electrons. The van der Waals surface area contributed by atoms with Gasteiger partial charge in [0.2, 0.25) is 0 Å². The van der Waals surface area contributed by atoms with Gasteiger partial charge in [-0.05, 0) is 69.5 Å². The smallest absolute Gasteiger partial charge is 0.331 e. The second kappa shape index (κ2) is 11.0. The molecule has 1 aromatic heterocycles. The highest BCUT2D eigenvalue weighted by Crippen LogP contribution is 2.22. The van der Waals surface area contributed by atoms with E-state index in [0.717, 1.165) is 41.3 Å². The molecule has 1 aliphatic heterocycles. The van der Waals surface area contributed by atoms with E-state index in [-0.39, 0.29) is 12.5 Å². The van der Waals surface area contributed by atoms with Gasteiger partial charge in [0.05, 0.1) is 12.2 Å². The van der Waals surface area contributed by atoms with E-state index in [1.807, 2.05) is 42.8 Å². The van der Waals surface area contributed by atoms with E-state index in [1.54, 1.807) is 6.08 Å². The Labute approximate surface area is 206 Å². The summed E-state index contributed by atoms with van der Waals surface area (Å²) >= 11 is 0. The zero-order valence-electron chi connectivity index (χ0n) is 20.6. The van der Waals surface area contributed by atoms with Crippen molar-refractivity contribution in [3.8, 4) is 0 Å². The minimum absolute atomic E-state index is 0.346. The number of carbonyl (C=O) groups excluding carboxylic acids is 2. The number of carbonyl (C=O) groups is 2. The molecule has 0 unspecified atom stereocenters. The van der Waals surface area contributed by atoms with Crippen LogP contribution < -0.4 is 10.2 Å². The number of aryl methyl sites for hydroxylation is 2. The number of ether oxygens (including phenoxy) is 1. The number of anilines is 2. The zero-order chi connectivity index (χ0) is 24.8. The van der Waals surface area contributed by atoms with Crippen LogP contribution in [-0.2, 0) is 20.9 Å². The molecule has 0 spiro atoms. The highest BCUT2D eigenvalue weighted by molar-refractivity contribution is 5.94. The summed E-state index contributed by atoms with van der Waals surface area (Å²) in [6, 6.07) is 16.1. The first-order chi connectivity index (χ1) is 16.9. The molecule has 2 heterocycles. The van der Waals surface area contributed by atoms with Crippen LogP contribution in [-0.4, -0.2) is 41.4 Å². The Hall–Kier alpha value is -3.87. The first-order valence-electron chi connectivity index (χ1n) is 12.0. The molecule has 35 heavy (non-hydrogen) atoms. The number of amides is 1. The number of nitrogens with one attached hydrogen (secondary N) is 1. The lowest BCUT2D eigenvalue weighted by atomic mass is 10.1. The largest absolute Gasteiger partial charge is 0.452 e. The van der Waals surface area contributed by atoms with Crippen molar-refractivity contribution in [3.63, 3.8) is 0 Å². The molecule has 0 bridgehead atoms. The van der Waals surface area contributed by atoms with Gasteiger partial charge in [0.1, 0.15) is 0 Å². The third kappa shape index (κ3) is 6.38. The molecule has 7 nitrogen and oxygen atoms in total. The van der Waals surface area contributed by atoms with Gasteiger partial charge in [-0.1, -0.05) is 29.8 Å². The summed E-state index contributed by atoms with van der Waals surface area (Å²) in [5, 5.41) is 7.37. The Kier molecular flexibility index (Phi) is 7.65. The maximum absolute atomic E-state index is 12.2. The number of esters is 1. The van der Waals surface area contributed by atoms with Gasteiger partial charge in [-0.15, -0.1) is 0 Å². The Morgan fingerprint density at radius 1 is 1.00 bits per heavy atom. The summed E-state index contributed by atoms with van der Waals surface area (Å²) in [7, 11) is 0. The minimum atomic E-state index is -0.574. The lowest BCUT2D eigenvalue weighted by Gasteiger charge is -2.17. The van der Waals surface area contributed by atoms with Crippen molar-refractivity contribution in [2.24, 2.45) is 0 Å². The quantitative estimate of drug-likeness (QED) is 0.381. The number of rotatable bonds is 8. The summed E-state index contributed by atoms with van der Waals surface area (Å²) in [6.07, 6.45) is 5.46. The average molecular weight is 473 g/mol. The summed E-state index contributed by atoms with van der Waals surface area (Å²) in [4.78, 5) is 26.7. The van der Waals surface area contributed by atoms with Crippen LogP contribution in [0.3, 0.4) is 0 Å². The zero-order valence-corrected chi connectivity index (χ0v) is 20.6. The SMILES string of the molecule is Cc1ccc(Cn2nc(C)c(/C=C/C(=O)OCC(=O)Nc3ccc(N4CCCC4)cc3)c2C)cc1. The molecule has 2 aromatic carbocycles. The molecule has 1 saturated heterocycles. The fourth-order valence-corrected chi connectivity index (χ4v) is 4.24. The highest BCUT2D eigenvalue weighted by Gasteiger charge is 2.13. The van der Waals surface area contributed by atoms with Gasteiger partial charge >= 0.3 is 5.97 Å². The average Bonchev–Trinajstić information content (AvgIpc) is 3.47. The van der Waals surface area contributed by atoms with Crippen LogP contribution in [0.15, 0.2) is 54.6 Å². The molecule has 0 atom stereocenters. The predicted octanol–water partition coefficient (Wildman–Crippen LogP) is 4.65. The molecule has 182 valence electrons. The molecule has 0 saturated carbocycles. The summed E-state index contributed by atoms with van der Waals surface area (Å²) in [5.74, 6) is -0.950. The van der Waals surface area contributed by atoms with E-state index < -0.39 is 5.97 Å². The van der Waals surface area contributed by atoms with E-state index in [2.05, 4.69) is 46.5 Å². The maximum atomic E-state index is 12.2. The standard InChI is InChI=1S/C28H32N4O3/c1-20-6-8-23(9-7-20)18-32-22(3)26(21(2)30-32)14-15-28(34)35-19-27(33)29-24-10-12-25(13-11-24)31-16-4-5-17-31/h6-15H,4-5,16-19H2,1-3H3,(H,29,33)/b15-14+. The molecule has 1 N–H and O–H groups in total. The third-order valence-electron chi connectivity index (χ3n) is 6.24. The van der Waals surface area contributed by atoms with Crippen LogP contribution in [0, 0.1) is 20.8 Å². The molecular formula is C28H32N4O3. The number of hydrogen-bond acceptors (Lipinski definition) is 5. The molecule has 7 heteroatoms. The van der Waals surface area contributed by atoms with Gasteiger partial charge < -0.3 is 15.0 Å². The van der Waals surface area contributed by atoms with Gasteiger partial charge in [0, 0.05) is 41.8 Å². The Balaban J connectivity index is 1.27. The molecule has 4 rings (SSSR count). The molecular weight excluding hydrogens is 440 g/mol. The van der Waals surface area contributed by atoms with E-state index in [1.165, 1.54) is 24.5 Å². The highest BCUT2D eigenvalue weighted by atomic mass is 16.5.